The summed E-state index contributed by atoms with van der Waals surface area (Å²) in [5.74, 6) is 0.691. The van der Waals surface area contributed by atoms with Gasteiger partial charge in [0.15, 0.2) is 0 Å². The van der Waals surface area contributed by atoms with Gasteiger partial charge in [0.1, 0.15) is 5.01 Å². The number of piperidine rings is 1. The number of hydrogen-bond donors (Lipinski definition) is 1. The quantitative estimate of drug-likeness (QED) is 0.897. The molecule has 0 spiro atoms. The van der Waals surface area contributed by atoms with Crippen LogP contribution in [0.4, 0.5) is 0 Å². The topological polar surface area (TPSA) is 28.2 Å². The zero-order valence-corrected chi connectivity index (χ0v) is 12.0. The molecule has 4 unspecified atom stereocenters. The van der Waals surface area contributed by atoms with Crippen LogP contribution >= 0.6 is 11.3 Å². The van der Waals surface area contributed by atoms with Crippen LogP contribution in [0.2, 0.25) is 0 Å². The van der Waals surface area contributed by atoms with Gasteiger partial charge in [-0.25, -0.2) is 4.98 Å². The molecule has 96 valence electrons. The molecule has 4 heteroatoms. The molecular weight excluding hydrogens is 230 g/mol. The average molecular weight is 253 g/mol. The molecule has 1 saturated heterocycles. The van der Waals surface area contributed by atoms with E-state index in [0.29, 0.717) is 24.0 Å². The van der Waals surface area contributed by atoms with Gasteiger partial charge in [-0.2, -0.15) is 0 Å². The summed E-state index contributed by atoms with van der Waals surface area (Å²) in [6.45, 7) is 8.14. The van der Waals surface area contributed by atoms with E-state index < -0.39 is 0 Å². The fourth-order valence-corrected chi connectivity index (χ4v) is 3.64. The van der Waals surface area contributed by atoms with E-state index in [1.165, 1.54) is 11.4 Å². The summed E-state index contributed by atoms with van der Waals surface area (Å²) in [7, 11) is 2.08. The number of aromatic nitrogens is 1. The van der Waals surface area contributed by atoms with E-state index in [4.69, 9.17) is 0 Å². The molecule has 1 aromatic heterocycles. The van der Waals surface area contributed by atoms with Gasteiger partial charge in [-0.1, -0.05) is 6.92 Å². The second-order valence-corrected chi connectivity index (χ2v) is 5.99. The number of hydrogen-bond acceptors (Lipinski definition) is 4. The molecule has 17 heavy (non-hydrogen) atoms. The number of likely N-dealkylation sites (tertiary alicyclic amines) is 1. The van der Waals surface area contributed by atoms with E-state index in [0.717, 1.165) is 6.54 Å². The molecular formula is C13H23N3S. The van der Waals surface area contributed by atoms with Crippen LogP contribution in [-0.4, -0.2) is 35.6 Å². The first-order valence-corrected chi connectivity index (χ1v) is 7.35. The van der Waals surface area contributed by atoms with Gasteiger partial charge in [-0.05, 0) is 33.2 Å². The van der Waals surface area contributed by atoms with Crippen molar-refractivity contribution in [2.24, 2.45) is 5.92 Å². The Morgan fingerprint density at radius 2 is 2.29 bits per heavy atom. The van der Waals surface area contributed by atoms with Crippen LogP contribution in [0.15, 0.2) is 11.6 Å². The normalized spacial score (nSPS) is 32.6. The van der Waals surface area contributed by atoms with Crippen LogP contribution in [0.1, 0.15) is 38.2 Å². The third kappa shape index (κ3) is 2.54. The molecule has 0 bridgehead atoms. The zero-order chi connectivity index (χ0) is 12.4. The smallest absolute Gasteiger partial charge is 0.109 e. The van der Waals surface area contributed by atoms with Crippen molar-refractivity contribution in [3.63, 3.8) is 0 Å². The molecule has 0 saturated carbocycles. The van der Waals surface area contributed by atoms with E-state index in [1.807, 2.05) is 6.20 Å². The van der Waals surface area contributed by atoms with Gasteiger partial charge in [-0.3, -0.25) is 4.90 Å². The van der Waals surface area contributed by atoms with E-state index in [2.05, 4.69) is 48.4 Å². The number of nitrogens with one attached hydrogen (secondary N) is 1. The molecule has 4 atom stereocenters. The van der Waals surface area contributed by atoms with Crippen molar-refractivity contribution in [2.75, 3.05) is 13.6 Å². The standard InChI is InChI=1S/C13H23N3S/c1-9-10(2)16(7-5-12(9)14-4)11(3)13-15-6-8-17-13/h6,8-12,14H,5,7H2,1-4H3. The maximum atomic E-state index is 4.45. The lowest BCUT2D eigenvalue weighted by Gasteiger charge is -2.45. The molecule has 0 aromatic carbocycles. The van der Waals surface area contributed by atoms with Crippen molar-refractivity contribution in [1.29, 1.82) is 0 Å². The summed E-state index contributed by atoms with van der Waals surface area (Å²) >= 11 is 1.77. The van der Waals surface area contributed by atoms with Gasteiger partial charge in [0, 0.05) is 30.2 Å². The molecule has 0 amide bonds. The number of nitrogens with zero attached hydrogens (tertiary/aromatic N) is 2. The summed E-state index contributed by atoms with van der Waals surface area (Å²) in [5, 5.41) is 6.75. The molecule has 1 aliphatic heterocycles. The Labute approximate surface area is 108 Å². The molecule has 2 rings (SSSR count). The summed E-state index contributed by atoms with van der Waals surface area (Å²) in [6, 6.07) is 1.72. The molecule has 1 aromatic rings. The summed E-state index contributed by atoms with van der Waals surface area (Å²) in [4.78, 5) is 7.05. The summed E-state index contributed by atoms with van der Waals surface area (Å²) in [6.07, 6.45) is 3.14. The first-order chi connectivity index (χ1) is 8.15. The minimum Gasteiger partial charge on any atom is -0.317 e. The second kappa shape index (κ2) is 5.46. The van der Waals surface area contributed by atoms with E-state index >= 15 is 0 Å². The minimum absolute atomic E-state index is 0.449. The van der Waals surface area contributed by atoms with Crippen LogP contribution in [-0.2, 0) is 0 Å². The maximum absolute atomic E-state index is 4.45. The fourth-order valence-electron chi connectivity index (χ4n) is 2.93. The largest absolute Gasteiger partial charge is 0.317 e. The van der Waals surface area contributed by atoms with Crippen LogP contribution in [0.3, 0.4) is 0 Å². The van der Waals surface area contributed by atoms with Gasteiger partial charge in [0.25, 0.3) is 0 Å². The zero-order valence-electron chi connectivity index (χ0n) is 11.2. The lowest BCUT2D eigenvalue weighted by Crippen LogP contribution is -2.53. The van der Waals surface area contributed by atoms with Gasteiger partial charge < -0.3 is 5.32 Å². The minimum atomic E-state index is 0.449. The van der Waals surface area contributed by atoms with Crippen LogP contribution in [0.25, 0.3) is 0 Å². The molecule has 3 nitrogen and oxygen atoms in total. The maximum Gasteiger partial charge on any atom is 0.109 e. The highest BCUT2D eigenvalue weighted by Gasteiger charge is 2.34. The van der Waals surface area contributed by atoms with Crippen molar-refractivity contribution < 1.29 is 0 Å². The number of thiazole rings is 1. The second-order valence-electron chi connectivity index (χ2n) is 5.07. The van der Waals surface area contributed by atoms with Crippen molar-refractivity contribution in [3.05, 3.63) is 16.6 Å². The van der Waals surface area contributed by atoms with Crippen molar-refractivity contribution >= 4 is 11.3 Å². The Balaban J connectivity index is 2.07. The van der Waals surface area contributed by atoms with E-state index in [9.17, 15) is 0 Å². The first-order valence-electron chi connectivity index (χ1n) is 6.47. The SMILES string of the molecule is CNC1CCN(C(C)c2nccs2)C(C)C1C. The molecule has 1 aliphatic rings. The fraction of sp³-hybridized carbons (Fsp3) is 0.769. The molecule has 0 aliphatic carbocycles. The highest BCUT2D eigenvalue weighted by molar-refractivity contribution is 7.09. The summed E-state index contributed by atoms with van der Waals surface area (Å²) < 4.78 is 0. The highest BCUT2D eigenvalue weighted by atomic mass is 32.1. The Morgan fingerprint density at radius 1 is 1.53 bits per heavy atom. The van der Waals surface area contributed by atoms with Crippen LogP contribution < -0.4 is 5.32 Å². The predicted molar refractivity (Wildman–Crippen MR) is 73.3 cm³/mol. The van der Waals surface area contributed by atoms with E-state index in [-0.39, 0.29) is 0 Å². The Kier molecular flexibility index (Phi) is 4.17. The predicted octanol–water partition coefficient (Wildman–Crippen LogP) is 2.52. The van der Waals surface area contributed by atoms with E-state index in [1.54, 1.807) is 11.3 Å². The molecule has 1 fully saturated rings. The lowest BCUT2D eigenvalue weighted by atomic mass is 9.86. The average Bonchev–Trinajstić information content (AvgIpc) is 2.85. The lowest BCUT2D eigenvalue weighted by molar-refractivity contribution is 0.0544. The molecule has 1 N–H and O–H groups in total. The van der Waals surface area contributed by atoms with Gasteiger partial charge in [0.05, 0.1) is 6.04 Å². The number of rotatable bonds is 3. The van der Waals surface area contributed by atoms with Gasteiger partial charge in [0.2, 0.25) is 0 Å². The van der Waals surface area contributed by atoms with Crippen LogP contribution in [0, 0.1) is 5.92 Å². The Bertz CT molecular complexity index is 338. The van der Waals surface area contributed by atoms with Crippen LogP contribution in [0.5, 0.6) is 0 Å². The van der Waals surface area contributed by atoms with Gasteiger partial charge in [-0.15, -0.1) is 11.3 Å². The Morgan fingerprint density at radius 3 is 2.88 bits per heavy atom. The third-order valence-electron chi connectivity index (χ3n) is 4.29. The highest BCUT2D eigenvalue weighted by Crippen LogP contribution is 2.31. The Hall–Kier alpha value is -0.450. The third-order valence-corrected chi connectivity index (χ3v) is 5.24. The summed E-state index contributed by atoms with van der Waals surface area (Å²) in [5.41, 5.74) is 0. The molecule has 0 radical (unpaired) electrons. The monoisotopic (exact) mass is 253 g/mol. The van der Waals surface area contributed by atoms with Crippen molar-refractivity contribution in [2.45, 2.75) is 45.3 Å². The molecule has 2 heterocycles. The van der Waals surface area contributed by atoms with Gasteiger partial charge >= 0.3 is 0 Å². The van der Waals surface area contributed by atoms with Crippen molar-refractivity contribution in [1.82, 2.24) is 15.2 Å². The first kappa shape index (κ1) is 13.0. The van der Waals surface area contributed by atoms with Crippen molar-refractivity contribution in [3.8, 4) is 0 Å².